The van der Waals surface area contributed by atoms with Crippen molar-refractivity contribution >= 4 is 0 Å². The van der Waals surface area contributed by atoms with E-state index >= 15 is 0 Å². The van der Waals surface area contributed by atoms with Crippen molar-refractivity contribution in [2.75, 3.05) is 0 Å². The molecule has 0 amide bonds. The molecule has 1 nitrogen and oxygen atoms in total. The van der Waals surface area contributed by atoms with Crippen LogP contribution in [0.5, 0.6) is 0 Å². The number of hydrogen-bond donors (Lipinski definition) is 1. The minimum atomic E-state index is -1.48. The molecule has 0 aliphatic rings. The standard InChI is InChI=1S/C15H14F3N/c1-2-9-5-3-4-6-10(9)15(19)11-7-8-12(16)14(18)13(11)17/h3-8,15H,2,19H2,1H3. The molecule has 4 heteroatoms. The molecule has 0 heterocycles. The summed E-state index contributed by atoms with van der Waals surface area (Å²) in [6, 6.07) is 8.55. The van der Waals surface area contributed by atoms with Gasteiger partial charge in [-0.25, -0.2) is 13.2 Å². The van der Waals surface area contributed by atoms with Gasteiger partial charge in [0.15, 0.2) is 17.5 Å². The summed E-state index contributed by atoms with van der Waals surface area (Å²) < 4.78 is 39.9. The molecule has 1 atom stereocenters. The lowest BCUT2D eigenvalue weighted by molar-refractivity contribution is 0.438. The fourth-order valence-electron chi connectivity index (χ4n) is 2.11. The highest BCUT2D eigenvalue weighted by Crippen LogP contribution is 2.27. The number of rotatable bonds is 3. The second-order valence-electron chi connectivity index (χ2n) is 4.29. The van der Waals surface area contributed by atoms with Gasteiger partial charge in [0.25, 0.3) is 0 Å². The predicted octanol–water partition coefficient (Wildman–Crippen LogP) is 3.71. The second kappa shape index (κ2) is 5.45. The summed E-state index contributed by atoms with van der Waals surface area (Å²) in [4.78, 5) is 0. The largest absolute Gasteiger partial charge is 0.320 e. The first-order valence-electron chi connectivity index (χ1n) is 6.03. The summed E-state index contributed by atoms with van der Waals surface area (Å²) >= 11 is 0. The van der Waals surface area contributed by atoms with Crippen LogP contribution in [0.15, 0.2) is 36.4 Å². The third kappa shape index (κ3) is 2.49. The smallest absolute Gasteiger partial charge is 0.194 e. The van der Waals surface area contributed by atoms with Crippen LogP contribution < -0.4 is 5.73 Å². The quantitative estimate of drug-likeness (QED) is 0.841. The fraction of sp³-hybridized carbons (Fsp3) is 0.200. The SMILES string of the molecule is CCc1ccccc1C(N)c1ccc(F)c(F)c1F. The lowest BCUT2D eigenvalue weighted by Gasteiger charge is -2.17. The molecule has 2 aromatic carbocycles. The average Bonchev–Trinajstić information content (AvgIpc) is 2.44. The minimum absolute atomic E-state index is 0.0419. The average molecular weight is 265 g/mol. The Kier molecular flexibility index (Phi) is 3.90. The first-order chi connectivity index (χ1) is 9.06. The van der Waals surface area contributed by atoms with Crippen LogP contribution in [0.25, 0.3) is 0 Å². The van der Waals surface area contributed by atoms with Gasteiger partial charge in [-0.2, -0.15) is 0 Å². The van der Waals surface area contributed by atoms with E-state index in [1.807, 2.05) is 19.1 Å². The first kappa shape index (κ1) is 13.6. The van der Waals surface area contributed by atoms with E-state index in [1.54, 1.807) is 12.1 Å². The maximum atomic E-state index is 13.7. The van der Waals surface area contributed by atoms with Gasteiger partial charge in [-0.3, -0.25) is 0 Å². The molecule has 0 saturated carbocycles. The van der Waals surface area contributed by atoms with Gasteiger partial charge < -0.3 is 5.73 Å². The van der Waals surface area contributed by atoms with Crippen LogP contribution in [0, 0.1) is 17.5 Å². The van der Waals surface area contributed by atoms with Crippen LogP contribution in [-0.2, 0) is 6.42 Å². The molecule has 100 valence electrons. The van der Waals surface area contributed by atoms with Crippen LogP contribution in [0.3, 0.4) is 0 Å². The van der Waals surface area contributed by atoms with E-state index in [0.717, 1.165) is 23.6 Å². The highest BCUT2D eigenvalue weighted by molar-refractivity contribution is 5.38. The van der Waals surface area contributed by atoms with E-state index in [1.165, 1.54) is 6.07 Å². The minimum Gasteiger partial charge on any atom is -0.320 e. The zero-order valence-corrected chi connectivity index (χ0v) is 10.5. The van der Waals surface area contributed by atoms with Crippen molar-refractivity contribution in [1.29, 1.82) is 0 Å². The summed E-state index contributed by atoms with van der Waals surface area (Å²) in [6.07, 6.45) is 0.731. The Morgan fingerprint density at radius 2 is 1.63 bits per heavy atom. The lowest BCUT2D eigenvalue weighted by Crippen LogP contribution is -2.16. The maximum absolute atomic E-state index is 13.7. The summed E-state index contributed by atoms with van der Waals surface area (Å²) in [5.74, 6) is -3.92. The van der Waals surface area contributed by atoms with Crippen LogP contribution in [0.2, 0.25) is 0 Å². The topological polar surface area (TPSA) is 26.0 Å². The van der Waals surface area contributed by atoms with Crippen LogP contribution in [0.1, 0.15) is 29.7 Å². The molecular formula is C15H14F3N. The van der Waals surface area contributed by atoms with Crippen LogP contribution >= 0.6 is 0 Å². The molecule has 0 bridgehead atoms. The normalized spacial score (nSPS) is 12.5. The Bertz CT molecular complexity index is 596. The van der Waals surface area contributed by atoms with Gasteiger partial charge in [-0.1, -0.05) is 37.3 Å². The van der Waals surface area contributed by atoms with E-state index in [2.05, 4.69) is 0 Å². The van der Waals surface area contributed by atoms with Gasteiger partial charge in [0.05, 0.1) is 6.04 Å². The predicted molar refractivity (Wildman–Crippen MR) is 68.2 cm³/mol. The van der Waals surface area contributed by atoms with Crippen LogP contribution in [0.4, 0.5) is 13.2 Å². The van der Waals surface area contributed by atoms with Crippen molar-refractivity contribution in [2.24, 2.45) is 5.73 Å². The molecule has 0 fully saturated rings. The molecule has 0 aliphatic heterocycles. The Balaban J connectivity index is 2.50. The lowest BCUT2D eigenvalue weighted by atomic mass is 9.93. The summed E-state index contributed by atoms with van der Waals surface area (Å²) in [7, 11) is 0. The maximum Gasteiger partial charge on any atom is 0.194 e. The van der Waals surface area contributed by atoms with Gasteiger partial charge in [-0.05, 0) is 23.6 Å². The summed E-state index contributed by atoms with van der Waals surface area (Å²) in [6.45, 7) is 1.95. The molecule has 0 aromatic heterocycles. The Morgan fingerprint density at radius 1 is 0.947 bits per heavy atom. The van der Waals surface area contributed by atoms with Gasteiger partial charge in [0.2, 0.25) is 0 Å². The van der Waals surface area contributed by atoms with Crippen molar-refractivity contribution in [3.8, 4) is 0 Å². The van der Waals surface area contributed by atoms with Gasteiger partial charge in [0.1, 0.15) is 0 Å². The molecule has 19 heavy (non-hydrogen) atoms. The van der Waals surface area contributed by atoms with Crippen molar-refractivity contribution < 1.29 is 13.2 Å². The molecule has 0 saturated heterocycles. The Labute approximate surface area is 109 Å². The van der Waals surface area contributed by atoms with Crippen LogP contribution in [-0.4, -0.2) is 0 Å². The van der Waals surface area contributed by atoms with Crippen molar-refractivity contribution in [2.45, 2.75) is 19.4 Å². The number of halogens is 3. The first-order valence-corrected chi connectivity index (χ1v) is 6.03. The zero-order chi connectivity index (χ0) is 14.0. The Hall–Kier alpha value is -1.81. The van der Waals surface area contributed by atoms with E-state index in [4.69, 9.17) is 5.73 Å². The summed E-state index contributed by atoms with van der Waals surface area (Å²) in [5, 5.41) is 0. The highest BCUT2D eigenvalue weighted by Gasteiger charge is 2.20. The molecule has 2 rings (SSSR count). The third-order valence-electron chi connectivity index (χ3n) is 3.17. The van der Waals surface area contributed by atoms with E-state index in [0.29, 0.717) is 0 Å². The van der Waals surface area contributed by atoms with Gasteiger partial charge >= 0.3 is 0 Å². The molecule has 0 radical (unpaired) electrons. The van der Waals surface area contributed by atoms with Crippen molar-refractivity contribution in [3.05, 3.63) is 70.5 Å². The van der Waals surface area contributed by atoms with E-state index < -0.39 is 23.5 Å². The molecule has 1 unspecified atom stereocenters. The molecular weight excluding hydrogens is 251 g/mol. The monoisotopic (exact) mass is 265 g/mol. The van der Waals surface area contributed by atoms with Crippen molar-refractivity contribution in [3.63, 3.8) is 0 Å². The number of benzene rings is 2. The van der Waals surface area contributed by atoms with Crippen molar-refractivity contribution in [1.82, 2.24) is 0 Å². The van der Waals surface area contributed by atoms with E-state index in [9.17, 15) is 13.2 Å². The fourth-order valence-corrected chi connectivity index (χ4v) is 2.11. The molecule has 2 aromatic rings. The Morgan fingerprint density at radius 3 is 2.32 bits per heavy atom. The van der Waals surface area contributed by atoms with Gasteiger partial charge in [0, 0.05) is 5.56 Å². The number of aryl methyl sites for hydroxylation is 1. The number of nitrogens with two attached hydrogens (primary N) is 1. The molecule has 0 aliphatic carbocycles. The second-order valence-corrected chi connectivity index (χ2v) is 4.29. The number of hydrogen-bond acceptors (Lipinski definition) is 1. The van der Waals surface area contributed by atoms with E-state index in [-0.39, 0.29) is 5.56 Å². The third-order valence-corrected chi connectivity index (χ3v) is 3.17. The highest BCUT2D eigenvalue weighted by atomic mass is 19.2. The molecule has 0 spiro atoms. The van der Waals surface area contributed by atoms with Gasteiger partial charge in [-0.15, -0.1) is 0 Å². The zero-order valence-electron chi connectivity index (χ0n) is 10.5. The molecule has 2 N–H and O–H groups in total. The summed E-state index contributed by atoms with van der Waals surface area (Å²) in [5.41, 5.74) is 7.62.